The first-order valence-electron chi connectivity index (χ1n) is 6.22. The Hall–Kier alpha value is -1.06. The molecule has 18 heavy (non-hydrogen) atoms. The summed E-state index contributed by atoms with van der Waals surface area (Å²) in [5.74, 6) is 0.0902. The summed E-state index contributed by atoms with van der Waals surface area (Å²) in [4.78, 5) is 11.6. The van der Waals surface area contributed by atoms with Crippen molar-refractivity contribution in [2.75, 3.05) is 20.3 Å². The lowest BCUT2D eigenvalue weighted by molar-refractivity contribution is -0.121. The van der Waals surface area contributed by atoms with E-state index in [0.29, 0.717) is 11.4 Å². The molecular weight excluding hydrogens is 250 g/mol. The summed E-state index contributed by atoms with van der Waals surface area (Å²) in [7, 11) is 1.68. The Kier molecular flexibility index (Phi) is 7.46. The van der Waals surface area contributed by atoms with Crippen molar-refractivity contribution < 1.29 is 9.53 Å². The fourth-order valence-corrected chi connectivity index (χ4v) is 1.85. The third-order valence-corrected chi connectivity index (χ3v) is 2.86. The molecule has 1 amide bonds. The number of nitrogens with one attached hydrogen (secondary N) is 1. The maximum Gasteiger partial charge on any atom is 0.220 e. The maximum absolute atomic E-state index is 11.6. The zero-order valence-corrected chi connectivity index (χ0v) is 11.5. The van der Waals surface area contributed by atoms with Crippen molar-refractivity contribution in [3.63, 3.8) is 0 Å². The normalized spacial score (nSPS) is 10.3. The van der Waals surface area contributed by atoms with Gasteiger partial charge in [0.25, 0.3) is 0 Å². The molecule has 0 aromatic heterocycles. The second kappa shape index (κ2) is 8.95. The van der Waals surface area contributed by atoms with Gasteiger partial charge in [-0.1, -0.05) is 23.7 Å². The van der Waals surface area contributed by atoms with Crippen molar-refractivity contribution in [3.05, 3.63) is 34.9 Å². The van der Waals surface area contributed by atoms with Crippen LogP contribution in [0.15, 0.2) is 24.3 Å². The molecule has 0 fully saturated rings. The van der Waals surface area contributed by atoms with Crippen LogP contribution in [0.2, 0.25) is 5.02 Å². The quantitative estimate of drug-likeness (QED) is 0.737. The van der Waals surface area contributed by atoms with E-state index in [-0.39, 0.29) is 5.91 Å². The zero-order valence-electron chi connectivity index (χ0n) is 10.7. The number of unbranched alkanes of at least 4 members (excludes halogenated alkanes) is 1. The Morgan fingerprint density at radius 2 is 2.22 bits per heavy atom. The van der Waals surface area contributed by atoms with Gasteiger partial charge in [-0.3, -0.25) is 4.79 Å². The van der Waals surface area contributed by atoms with Crippen molar-refractivity contribution in [3.8, 4) is 0 Å². The molecule has 1 N–H and O–H groups in total. The van der Waals surface area contributed by atoms with E-state index in [0.717, 1.165) is 38.0 Å². The Balaban J connectivity index is 2.13. The fraction of sp³-hybridized carbons (Fsp3) is 0.500. The van der Waals surface area contributed by atoms with Crippen LogP contribution in [-0.2, 0) is 16.0 Å². The van der Waals surface area contributed by atoms with E-state index in [1.54, 1.807) is 7.11 Å². The van der Waals surface area contributed by atoms with Crippen LogP contribution in [-0.4, -0.2) is 26.2 Å². The van der Waals surface area contributed by atoms with Gasteiger partial charge in [0.05, 0.1) is 0 Å². The molecule has 0 aliphatic rings. The lowest BCUT2D eigenvalue weighted by Crippen LogP contribution is -2.24. The lowest BCUT2D eigenvalue weighted by atomic mass is 10.1. The third-order valence-electron chi connectivity index (χ3n) is 2.63. The summed E-state index contributed by atoms with van der Waals surface area (Å²) in [5.41, 5.74) is 1.09. The van der Waals surface area contributed by atoms with Crippen LogP contribution in [0.5, 0.6) is 0 Å². The molecule has 0 saturated heterocycles. The number of halogens is 1. The number of carbonyl (C=O) groups is 1. The fourth-order valence-electron chi connectivity index (χ4n) is 1.64. The average molecular weight is 270 g/mol. The van der Waals surface area contributed by atoms with E-state index in [9.17, 15) is 4.79 Å². The highest BCUT2D eigenvalue weighted by Crippen LogP contribution is 2.11. The molecule has 1 rings (SSSR count). The van der Waals surface area contributed by atoms with Crippen LogP contribution in [0.25, 0.3) is 0 Å². The van der Waals surface area contributed by atoms with Crippen molar-refractivity contribution in [1.29, 1.82) is 0 Å². The van der Waals surface area contributed by atoms with Crippen molar-refractivity contribution in [1.82, 2.24) is 5.32 Å². The highest BCUT2D eigenvalue weighted by Gasteiger charge is 2.02. The predicted octanol–water partition coefficient (Wildman–Crippen LogP) is 2.82. The first-order chi connectivity index (χ1) is 8.72. The minimum atomic E-state index is 0.0902. The number of carbonyl (C=O) groups excluding carboxylic acids is 1. The van der Waals surface area contributed by atoms with Crippen molar-refractivity contribution in [2.24, 2.45) is 0 Å². The van der Waals surface area contributed by atoms with Crippen LogP contribution in [0, 0.1) is 0 Å². The van der Waals surface area contributed by atoms with Crippen LogP contribution in [0.3, 0.4) is 0 Å². The molecule has 0 heterocycles. The number of ether oxygens (including phenoxy) is 1. The molecular formula is C14H20ClNO2. The summed E-state index contributed by atoms with van der Waals surface area (Å²) in [6.45, 7) is 1.47. The van der Waals surface area contributed by atoms with Gasteiger partial charge in [-0.05, 0) is 37.0 Å². The standard InChI is InChI=1S/C14H20ClNO2/c1-18-10-3-2-9-16-14(17)8-7-12-5-4-6-13(15)11-12/h4-6,11H,2-3,7-10H2,1H3,(H,16,17). The number of benzene rings is 1. The van der Waals surface area contributed by atoms with Crippen molar-refractivity contribution >= 4 is 17.5 Å². The first-order valence-corrected chi connectivity index (χ1v) is 6.60. The molecule has 100 valence electrons. The zero-order chi connectivity index (χ0) is 13.2. The van der Waals surface area contributed by atoms with Gasteiger partial charge >= 0.3 is 0 Å². The Morgan fingerprint density at radius 3 is 2.94 bits per heavy atom. The number of rotatable bonds is 8. The number of methoxy groups -OCH3 is 1. The van der Waals surface area contributed by atoms with Gasteiger partial charge in [0.15, 0.2) is 0 Å². The van der Waals surface area contributed by atoms with Gasteiger partial charge in [-0.15, -0.1) is 0 Å². The van der Waals surface area contributed by atoms with Crippen molar-refractivity contribution in [2.45, 2.75) is 25.7 Å². The van der Waals surface area contributed by atoms with Gasteiger partial charge in [-0.25, -0.2) is 0 Å². The second-order valence-electron chi connectivity index (χ2n) is 4.18. The lowest BCUT2D eigenvalue weighted by Gasteiger charge is -2.05. The highest BCUT2D eigenvalue weighted by atomic mass is 35.5. The monoisotopic (exact) mass is 269 g/mol. The van der Waals surface area contributed by atoms with Crippen LogP contribution in [0.4, 0.5) is 0 Å². The van der Waals surface area contributed by atoms with Crippen LogP contribution in [0.1, 0.15) is 24.8 Å². The smallest absolute Gasteiger partial charge is 0.220 e. The van der Waals surface area contributed by atoms with Gasteiger partial charge in [0.2, 0.25) is 5.91 Å². The van der Waals surface area contributed by atoms with E-state index in [1.165, 1.54) is 0 Å². The van der Waals surface area contributed by atoms with Gasteiger partial charge in [-0.2, -0.15) is 0 Å². The second-order valence-corrected chi connectivity index (χ2v) is 4.62. The molecule has 1 aromatic carbocycles. The van der Waals surface area contributed by atoms with E-state index < -0.39 is 0 Å². The van der Waals surface area contributed by atoms with E-state index in [2.05, 4.69) is 5.32 Å². The van der Waals surface area contributed by atoms with Crippen LogP contribution >= 0.6 is 11.6 Å². The van der Waals surface area contributed by atoms with E-state index in [1.807, 2.05) is 24.3 Å². The molecule has 0 atom stereocenters. The predicted molar refractivity (Wildman–Crippen MR) is 73.9 cm³/mol. The highest BCUT2D eigenvalue weighted by molar-refractivity contribution is 6.30. The van der Waals surface area contributed by atoms with E-state index >= 15 is 0 Å². The summed E-state index contributed by atoms with van der Waals surface area (Å²) in [6, 6.07) is 7.62. The molecule has 0 bridgehead atoms. The van der Waals surface area contributed by atoms with Gasteiger partial charge in [0.1, 0.15) is 0 Å². The molecule has 1 aromatic rings. The molecule has 0 radical (unpaired) electrons. The topological polar surface area (TPSA) is 38.3 Å². The Labute approximate surface area is 113 Å². The maximum atomic E-state index is 11.6. The van der Waals surface area contributed by atoms with E-state index in [4.69, 9.17) is 16.3 Å². The molecule has 0 spiro atoms. The number of amides is 1. The summed E-state index contributed by atoms with van der Waals surface area (Å²) in [5, 5.41) is 3.61. The largest absolute Gasteiger partial charge is 0.385 e. The molecule has 0 aliphatic heterocycles. The summed E-state index contributed by atoms with van der Waals surface area (Å²) >= 11 is 5.88. The molecule has 0 saturated carbocycles. The Morgan fingerprint density at radius 1 is 1.39 bits per heavy atom. The minimum Gasteiger partial charge on any atom is -0.385 e. The first kappa shape index (κ1) is 15.0. The molecule has 0 unspecified atom stereocenters. The molecule has 3 nitrogen and oxygen atoms in total. The SMILES string of the molecule is COCCCCNC(=O)CCc1cccc(Cl)c1. The number of hydrogen-bond donors (Lipinski definition) is 1. The summed E-state index contributed by atoms with van der Waals surface area (Å²) in [6.07, 6.45) is 3.16. The summed E-state index contributed by atoms with van der Waals surface area (Å²) < 4.78 is 4.94. The van der Waals surface area contributed by atoms with Crippen LogP contribution < -0.4 is 5.32 Å². The molecule has 0 aliphatic carbocycles. The average Bonchev–Trinajstić information content (AvgIpc) is 2.36. The third kappa shape index (κ3) is 6.62. The minimum absolute atomic E-state index is 0.0902. The number of hydrogen-bond acceptors (Lipinski definition) is 2. The number of aryl methyl sites for hydroxylation is 1. The molecule has 4 heteroatoms. The van der Waals surface area contributed by atoms with Gasteiger partial charge in [0, 0.05) is 31.7 Å². The Bertz CT molecular complexity index is 369. The van der Waals surface area contributed by atoms with Gasteiger partial charge < -0.3 is 10.1 Å².